The van der Waals surface area contributed by atoms with Gasteiger partial charge in [0, 0.05) is 12.1 Å². The van der Waals surface area contributed by atoms with Crippen molar-refractivity contribution in [3.8, 4) is 16.3 Å². The Morgan fingerprint density at radius 2 is 1.86 bits per heavy atom. The summed E-state index contributed by atoms with van der Waals surface area (Å²) < 4.78 is 33.1. The normalized spacial score (nSPS) is 11.1. The predicted molar refractivity (Wildman–Crippen MR) is 112 cm³/mol. The lowest BCUT2D eigenvalue weighted by Crippen LogP contribution is -2.24. The highest BCUT2D eigenvalue weighted by Gasteiger charge is 2.21. The van der Waals surface area contributed by atoms with Gasteiger partial charge >= 0.3 is 0 Å². The molecule has 0 aliphatic heterocycles. The summed E-state index contributed by atoms with van der Waals surface area (Å²) in [6.45, 7) is 4.16. The van der Waals surface area contributed by atoms with Gasteiger partial charge in [-0.25, -0.2) is 8.42 Å². The van der Waals surface area contributed by atoms with E-state index in [0.29, 0.717) is 11.6 Å². The Labute approximate surface area is 173 Å². The fourth-order valence-corrected chi connectivity index (χ4v) is 4.54. The molecule has 0 atom stereocenters. The molecular weight excluding hydrogens is 412 g/mol. The number of carbonyl (C=O) groups is 1. The van der Waals surface area contributed by atoms with E-state index < -0.39 is 15.9 Å². The molecule has 0 saturated carbocycles. The second-order valence-corrected chi connectivity index (χ2v) is 8.77. The topological polar surface area (TPSA) is 110 Å². The van der Waals surface area contributed by atoms with Gasteiger partial charge in [0.1, 0.15) is 10.8 Å². The number of aromatic nitrogens is 2. The van der Waals surface area contributed by atoms with Crippen molar-refractivity contribution < 1.29 is 17.9 Å². The number of benzene rings is 2. The van der Waals surface area contributed by atoms with Crippen LogP contribution in [0.3, 0.4) is 0 Å². The number of sulfonamides is 1. The molecule has 0 unspecified atom stereocenters. The van der Waals surface area contributed by atoms with E-state index in [1.807, 2.05) is 31.2 Å². The van der Waals surface area contributed by atoms with Gasteiger partial charge in [-0.1, -0.05) is 41.2 Å². The molecule has 2 N–H and O–H groups in total. The van der Waals surface area contributed by atoms with Crippen LogP contribution >= 0.6 is 11.3 Å². The molecule has 8 nitrogen and oxygen atoms in total. The van der Waals surface area contributed by atoms with E-state index in [1.165, 1.54) is 25.3 Å². The van der Waals surface area contributed by atoms with Crippen LogP contribution in [0.5, 0.6) is 5.75 Å². The summed E-state index contributed by atoms with van der Waals surface area (Å²) in [6, 6.07) is 11.8. The highest BCUT2D eigenvalue weighted by atomic mass is 32.2. The molecular formula is C19H20N4O4S2. The number of methoxy groups -OCH3 is 1. The molecule has 0 bridgehead atoms. The number of rotatable bonds is 7. The highest BCUT2D eigenvalue weighted by Crippen LogP contribution is 2.29. The smallest absolute Gasteiger partial charge is 0.263 e. The van der Waals surface area contributed by atoms with Crippen molar-refractivity contribution in [3.63, 3.8) is 0 Å². The van der Waals surface area contributed by atoms with E-state index >= 15 is 0 Å². The van der Waals surface area contributed by atoms with Crippen LogP contribution in [0, 0.1) is 6.92 Å². The molecule has 0 radical (unpaired) electrons. The number of anilines is 1. The Morgan fingerprint density at radius 3 is 2.52 bits per heavy atom. The molecule has 29 heavy (non-hydrogen) atoms. The molecule has 1 aromatic heterocycles. The van der Waals surface area contributed by atoms with Gasteiger partial charge in [0.15, 0.2) is 0 Å². The number of nitrogens with zero attached hydrogens (tertiary/aromatic N) is 2. The monoisotopic (exact) mass is 432 g/mol. The molecule has 0 fully saturated rings. The maximum Gasteiger partial charge on any atom is 0.263 e. The average molecular weight is 433 g/mol. The van der Waals surface area contributed by atoms with Crippen molar-refractivity contribution in [1.82, 2.24) is 15.5 Å². The van der Waals surface area contributed by atoms with Crippen LogP contribution in [0.25, 0.3) is 10.6 Å². The molecule has 10 heteroatoms. The predicted octanol–water partition coefficient (Wildman–Crippen LogP) is 3.07. The number of aryl methyl sites for hydroxylation is 1. The van der Waals surface area contributed by atoms with Crippen LogP contribution in [-0.4, -0.2) is 38.2 Å². The minimum absolute atomic E-state index is 0.0772. The van der Waals surface area contributed by atoms with Crippen molar-refractivity contribution >= 4 is 32.4 Å². The quantitative estimate of drug-likeness (QED) is 0.594. The summed E-state index contributed by atoms with van der Waals surface area (Å²) in [6.07, 6.45) is 0. The van der Waals surface area contributed by atoms with Gasteiger partial charge in [0.2, 0.25) is 5.13 Å². The molecule has 0 aliphatic carbocycles. The van der Waals surface area contributed by atoms with Crippen molar-refractivity contribution in [2.24, 2.45) is 0 Å². The zero-order valence-electron chi connectivity index (χ0n) is 16.1. The van der Waals surface area contributed by atoms with Crippen LogP contribution in [0.2, 0.25) is 0 Å². The lowest BCUT2D eigenvalue weighted by atomic mass is 10.2. The summed E-state index contributed by atoms with van der Waals surface area (Å²) >= 11 is 1.12. The number of amides is 1. The first-order valence-corrected chi connectivity index (χ1v) is 11.0. The molecule has 0 spiro atoms. The van der Waals surface area contributed by atoms with Crippen LogP contribution in [0.4, 0.5) is 5.13 Å². The van der Waals surface area contributed by atoms with E-state index in [1.54, 1.807) is 6.92 Å². The summed E-state index contributed by atoms with van der Waals surface area (Å²) in [5.74, 6) is -0.133. The number of carbonyl (C=O) groups excluding carboxylic acids is 1. The molecule has 1 heterocycles. The van der Waals surface area contributed by atoms with Gasteiger partial charge in [-0.3, -0.25) is 9.52 Å². The van der Waals surface area contributed by atoms with Crippen LogP contribution in [-0.2, 0) is 10.0 Å². The Hall–Kier alpha value is -2.98. The van der Waals surface area contributed by atoms with Gasteiger partial charge in [0.05, 0.1) is 17.6 Å². The Balaban J connectivity index is 1.87. The van der Waals surface area contributed by atoms with E-state index in [-0.39, 0.29) is 21.3 Å². The zero-order valence-corrected chi connectivity index (χ0v) is 17.7. The van der Waals surface area contributed by atoms with Crippen LogP contribution in [0.1, 0.15) is 22.8 Å². The summed E-state index contributed by atoms with van der Waals surface area (Å²) in [7, 11) is -2.55. The minimum Gasteiger partial charge on any atom is -0.496 e. The summed E-state index contributed by atoms with van der Waals surface area (Å²) in [4.78, 5) is 12.1. The second kappa shape index (κ2) is 8.58. The van der Waals surface area contributed by atoms with E-state index in [9.17, 15) is 13.2 Å². The average Bonchev–Trinajstić information content (AvgIpc) is 3.16. The lowest BCUT2D eigenvalue weighted by molar-refractivity contribution is 0.0952. The number of hydrogen-bond donors (Lipinski definition) is 2. The van der Waals surface area contributed by atoms with E-state index in [2.05, 4.69) is 20.2 Å². The van der Waals surface area contributed by atoms with Gasteiger partial charge in [-0.05, 0) is 32.0 Å². The highest BCUT2D eigenvalue weighted by molar-refractivity contribution is 7.93. The Morgan fingerprint density at radius 1 is 1.14 bits per heavy atom. The molecule has 2 aromatic carbocycles. The fraction of sp³-hybridized carbons (Fsp3) is 0.211. The van der Waals surface area contributed by atoms with Gasteiger partial charge in [-0.15, -0.1) is 10.2 Å². The first-order valence-electron chi connectivity index (χ1n) is 8.73. The summed E-state index contributed by atoms with van der Waals surface area (Å²) in [5, 5.41) is 11.3. The first-order chi connectivity index (χ1) is 13.8. The van der Waals surface area contributed by atoms with Gasteiger partial charge in [0.25, 0.3) is 15.9 Å². The third-order valence-corrected chi connectivity index (χ3v) is 6.36. The van der Waals surface area contributed by atoms with Crippen molar-refractivity contribution in [1.29, 1.82) is 0 Å². The number of hydrogen-bond acceptors (Lipinski definition) is 7. The maximum absolute atomic E-state index is 12.8. The standard InChI is InChI=1S/C19H20N4O4S2/c1-4-20-17(24)15-11-14(9-10-16(15)27-3)29(25,26)23-19-22-21-18(28-19)13-7-5-12(2)6-8-13/h5-11H,4H2,1-3H3,(H,20,24)(H,22,23). The molecule has 3 aromatic rings. The number of ether oxygens (including phenoxy) is 1. The van der Waals surface area contributed by atoms with E-state index in [4.69, 9.17) is 4.74 Å². The van der Waals surface area contributed by atoms with Crippen molar-refractivity contribution in [2.45, 2.75) is 18.7 Å². The number of nitrogens with one attached hydrogen (secondary N) is 2. The molecule has 3 rings (SSSR count). The third kappa shape index (κ3) is 4.72. The SMILES string of the molecule is CCNC(=O)c1cc(S(=O)(=O)Nc2nnc(-c3ccc(C)cc3)s2)ccc1OC. The Bertz CT molecular complexity index is 1130. The Kier molecular flexibility index (Phi) is 6.14. The summed E-state index contributed by atoms with van der Waals surface area (Å²) in [5.41, 5.74) is 2.10. The molecule has 0 aliphatic rings. The van der Waals surface area contributed by atoms with Gasteiger partial charge < -0.3 is 10.1 Å². The van der Waals surface area contributed by atoms with Crippen molar-refractivity contribution in [2.75, 3.05) is 18.4 Å². The lowest BCUT2D eigenvalue weighted by Gasteiger charge is -2.11. The van der Waals surface area contributed by atoms with Crippen molar-refractivity contribution in [3.05, 3.63) is 53.6 Å². The first kappa shape index (κ1) is 20.7. The van der Waals surface area contributed by atoms with Crippen LogP contribution in [0.15, 0.2) is 47.4 Å². The molecule has 1 amide bonds. The van der Waals surface area contributed by atoms with Gasteiger partial charge in [-0.2, -0.15) is 0 Å². The second-order valence-electron chi connectivity index (χ2n) is 6.11. The largest absolute Gasteiger partial charge is 0.496 e. The van der Waals surface area contributed by atoms with E-state index in [0.717, 1.165) is 22.5 Å². The van der Waals surface area contributed by atoms with Crippen LogP contribution < -0.4 is 14.8 Å². The fourth-order valence-electron chi connectivity index (χ4n) is 2.54. The maximum atomic E-state index is 12.8. The third-order valence-electron chi connectivity index (χ3n) is 4.01. The molecule has 152 valence electrons. The zero-order chi connectivity index (χ0) is 21.0. The minimum atomic E-state index is -3.96. The molecule has 0 saturated heterocycles.